The Hall–Kier alpha value is -1.63. The number of nitrogens with two attached hydrogens (primary N) is 1. The molecule has 3 fully saturated rings. The summed E-state index contributed by atoms with van der Waals surface area (Å²) in [6, 6.07) is -0.348. The molecule has 1 saturated carbocycles. The summed E-state index contributed by atoms with van der Waals surface area (Å²) in [4.78, 5) is 39.3. The Morgan fingerprint density at radius 3 is 2.54 bits per heavy atom. The molecular weight excluding hydrogens is 310 g/mol. The van der Waals surface area contributed by atoms with Crippen LogP contribution in [0.25, 0.3) is 0 Å². The highest BCUT2D eigenvalue weighted by Gasteiger charge is 2.46. The van der Waals surface area contributed by atoms with Crippen molar-refractivity contribution in [3.63, 3.8) is 0 Å². The predicted molar refractivity (Wildman–Crippen MR) is 87.0 cm³/mol. The molecule has 0 radical (unpaired) electrons. The second kappa shape index (κ2) is 7.09. The summed E-state index contributed by atoms with van der Waals surface area (Å²) in [6.07, 6.45) is 6.45. The fourth-order valence-electron chi connectivity index (χ4n) is 4.72. The van der Waals surface area contributed by atoms with E-state index in [1.807, 2.05) is 4.90 Å². The maximum Gasteiger partial charge on any atom is 0.320 e. The smallest absolute Gasteiger partial charge is 0.320 e. The van der Waals surface area contributed by atoms with E-state index in [9.17, 15) is 19.5 Å². The Morgan fingerprint density at radius 1 is 1.08 bits per heavy atom. The number of hydrogen-bond donors (Lipinski definition) is 2. The third-order valence-corrected chi connectivity index (χ3v) is 6.00. The van der Waals surface area contributed by atoms with Gasteiger partial charge in [-0.05, 0) is 38.0 Å². The third kappa shape index (κ3) is 3.41. The highest BCUT2D eigenvalue weighted by molar-refractivity contribution is 5.82. The largest absolute Gasteiger partial charge is 0.480 e. The van der Waals surface area contributed by atoms with Gasteiger partial charge >= 0.3 is 5.97 Å². The fourth-order valence-corrected chi connectivity index (χ4v) is 4.72. The van der Waals surface area contributed by atoms with Crippen LogP contribution in [0.4, 0.5) is 0 Å². The van der Waals surface area contributed by atoms with E-state index in [4.69, 9.17) is 5.73 Å². The molecule has 3 N–H and O–H groups in total. The zero-order valence-electron chi connectivity index (χ0n) is 14.0. The average Bonchev–Trinajstić information content (AvgIpc) is 2.94. The van der Waals surface area contributed by atoms with Crippen LogP contribution in [0.5, 0.6) is 0 Å². The Labute approximate surface area is 142 Å². The van der Waals surface area contributed by atoms with Crippen molar-refractivity contribution in [2.75, 3.05) is 19.6 Å². The molecule has 3 aliphatic rings. The number of likely N-dealkylation sites (tertiary alicyclic amines) is 2. The molecule has 2 amide bonds. The fraction of sp³-hybridized carbons (Fsp3) is 0.824. The number of nitrogens with zero attached hydrogens (tertiary/aromatic N) is 2. The number of rotatable bonds is 4. The lowest BCUT2D eigenvalue weighted by Gasteiger charge is -2.36. The Balaban J connectivity index is 1.67. The molecule has 0 aromatic heterocycles. The molecule has 2 aliphatic heterocycles. The van der Waals surface area contributed by atoms with Crippen LogP contribution in [0.15, 0.2) is 0 Å². The first-order valence-electron chi connectivity index (χ1n) is 9.03. The van der Waals surface area contributed by atoms with Crippen LogP contribution in [0.2, 0.25) is 0 Å². The molecule has 2 saturated heterocycles. The molecule has 0 aromatic rings. The quantitative estimate of drug-likeness (QED) is 0.774. The summed E-state index contributed by atoms with van der Waals surface area (Å²) in [5.74, 6) is -1.14. The molecule has 4 atom stereocenters. The van der Waals surface area contributed by atoms with Gasteiger partial charge < -0.3 is 15.7 Å². The highest BCUT2D eigenvalue weighted by Crippen LogP contribution is 2.39. The molecule has 134 valence electrons. The van der Waals surface area contributed by atoms with E-state index in [0.717, 1.165) is 38.5 Å². The number of aliphatic carboxylic acids is 1. The minimum Gasteiger partial charge on any atom is -0.480 e. The molecule has 2 heterocycles. The van der Waals surface area contributed by atoms with Gasteiger partial charge in [0.05, 0.1) is 12.5 Å². The lowest BCUT2D eigenvalue weighted by Crippen LogP contribution is -2.51. The number of piperidine rings is 1. The summed E-state index contributed by atoms with van der Waals surface area (Å²) in [5.41, 5.74) is 5.38. The average molecular weight is 337 g/mol. The first kappa shape index (κ1) is 17.2. The lowest BCUT2D eigenvalue weighted by molar-refractivity contribution is -0.144. The SMILES string of the molecule is NC(=O)[C@@H]1CCCN(C(=O)CN2[C@@H]3CCCC[C@H]3C[C@H]2C(=O)O)C1. The summed E-state index contributed by atoms with van der Waals surface area (Å²) < 4.78 is 0. The minimum atomic E-state index is -0.828. The Morgan fingerprint density at radius 2 is 1.83 bits per heavy atom. The van der Waals surface area contributed by atoms with E-state index in [2.05, 4.69) is 0 Å². The Kier molecular flexibility index (Phi) is 5.08. The number of hydrogen-bond acceptors (Lipinski definition) is 4. The van der Waals surface area contributed by atoms with Crippen molar-refractivity contribution in [1.29, 1.82) is 0 Å². The van der Waals surface area contributed by atoms with E-state index in [1.54, 1.807) is 4.90 Å². The van der Waals surface area contributed by atoms with Crippen LogP contribution in [0, 0.1) is 11.8 Å². The second-order valence-corrected chi connectivity index (χ2v) is 7.46. The van der Waals surface area contributed by atoms with Gasteiger partial charge in [-0.15, -0.1) is 0 Å². The van der Waals surface area contributed by atoms with Crippen LogP contribution in [-0.4, -0.2) is 64.4 Å². The van der Waals surface area contributed by atoms with Crippen LogP contribution in [0.1, 0.15) is 44.9 Å². The second-order valence-electron chi connectivity index (χ2n) is 7.46. The van der Waals surface area contributed by atoms with Gasteiger partial charge in [0.2, 0.25) is 11.8 Å². The maximum absolute atomic E-state index is 12.7. The van der Waals surface area contributed by atoms with E-state index in [1.165, 1.54) is 0 Å². The molecular formula is C17H27N3O4. The van der Waals surface area contributed by atoms with Gasteiger partial charge in [0.25, 0.3) is 0 Å². The van der Waals surface area contributed by atoms with Gasteiger partial charge in [-0.3, -0.25) is 19.3 Å². The molecule has 7 heteroatoms. The molecule has 0 aromatic carbocycles. The molecule has 0 unspecified atom stereocenters. The first-order chi connectivity index (χ1) is 11.5. The van der Waals surface area contributed by atoms with Gasteiger partial charge in [0.15, 0.2) is 0 Å². The van der Waals surface area contributed by atoms with Crippen LogP contribution in [-0.2, 0) is 14.4 Å². The monoisotopic (exact) mass is 337 g/mol. The maximum atomic E-state index is 12.7. The molecule has 3 rings (SSSR count). The number of carboxylic acid groups (broad SMARTS) is 1. The zero-order valence-corrected chi connectivity index (χ0v) is 14.0. The summed E-state index contributed by atoms with van der Waals surface area (Å²) in [7, 11) is 0. The summed E-state index contributed by atoms with van der Waals surface area (Å²) in [6.45, 7) is 1.14. The third-order valence-electron chi connectivity index (χ3n) is 6.00. The minimum absolute atomic E-state index is 0.0709. The first-order valence-corrected chi connectivity index (χ1v) is 9.03. The van der Waals surface area contributed by atoms with Crippen molar-refractivity contribution >= 4 is 17.8 Å². The molecule has 0 spiro atoms. The number of primary amides is 1. The summed E-state index contributed by atoms with van der Waals surface area (Å²) >= 11 is 0. The van der Waals surface area contributed by atoms with Gasteiger partial charge in [0, 0.05) is 19.1 Å². The van der Waals surface area contributed by atoms with Crippen LogP contribution in [0.3, 0.4) is 0 Å². The van der Waals surface area contributed by atoms with Crippen molar-refractivity contribution in [1.82, 2.24) is 9.80 Å². The van der Waals surface area contributed by atoms with Crippen molar-refractivity contribution in [3.8, 4) is 0 Å². The molecule has 1 aliphatic carbocycles. The number of carbonyl (C=O) groups is 3. The normalized spacial score (nSPS) is 33.9. The zero-order chi connectivity index (χ0) is 17.3. The number of fused-ring (bicyclic) bond motifs is 1. The van der Waals surface area contributed by atoms with Gasteiger partial charge in [-0.2, -0.15) is 0 Å². The molecule has 0 bridgehead atoms. The van der Waals surface area contributed by atoms with Crippen molar-refractivity contribution in [3.05, 3.63) is 0 Å². The number of carboxylic acids is 1. The van der Waals surface area contributed by atoms with Crippen molar-refractivity contribution < 1.29 is 19.5 Å². The highest BCUT2D eigenvalue weighted by atomic mass is 16.4. The standard InChI is InChI=1S/C17H27N3O4/c18-16(22)12-5-3-7-19(9-12)15(21)10-20-13-6-2-1-4-11(13)8-14(20)17(23)24/h11-14H,1-10H2,(H2,18,22)(H,23,24)/t11-,12+,13+,14-/m0/s1. The lowest BCUT2D eigenvalue weighted by atomic mass is 9.85. The molecule has 24 heavy (non-hydrogen) atoms. The van der Waals surface area contributed by atoms with Crippen molar-refractivity contribution in [2.45, 2.75) is 57.0 Å². The van der Waals surface area contributed by atoms with Crippen LogP contribution < -0.4 is 5.73 Å². The van der Waals surface area contributed by atoms with E-state index < -0.39 is 12.0 Å². The number of amides is 2. The van der Waals surface area contributed by atoms with Crippen LogP contribution >= 0.6 is 0 Å². The van der Waals surface area contributed by atoms with E-state index >= 15 is 0 Å². The van der Waals surface area contributed by atoms with E-state index in [0.29, 0.717) is 25.4 Å². The van der Waals surface area contributed by atoms with Gasteiger partial charge in [0.1, 0.15) is 6.04 Å². The van der Waals surface area contributed by atoms with Crippen molar-refractivity contribution in [2.24, 2.45) is 17.6 Å². The Bertz CT molecular complexity index is 524. The van der Waals surface area contributed by atoms with E-state index in [-0.39, 0.29) is 30.3 Å². The number of carbonyl (C=O) groups excluding carboxylic acids is 2. The molecule has 7 nitrogen and oxygen atoms in total. The predicted octanol–water partition coefficient (Wildman–Crippen LogP) is 0.428. The van der Waals surface area contributed by atoms with Gasteiger partial charge in [-0.25, -0.2) is 0 Å². The topological polar surface area (TPSA) is 104 Å². The summed E-state index contributed by atoms with van der Waals surface area (Å²) in [5, 5.41) is 9.54. The van der Waals surface area contributed by atoms with Gasteiger partial charge in [-0.1, -0.05) is 12.8 Å².